The van der Waals surface area contributed by atoms with Crippen molar-refractivity contribution in [2.45, 2.75) is 23.2 Å². The molecular formula is C14H17N5OS. The van der Waals surface area contributed by atoms with Crippen molar-refractivity contribution in [3.63, 3.8) is 0 Å². The third-order valence-electron chi connectivity index (χ3n) is 3.55. The highest BCUT2D eigenvalue weighted by molar-refractivity contribution is 8.00. The van der Waals surface area contributed by atoms with Crippen molar-refractivity contribution >= 4 is 17.7 Å². The van der Waals surface area contributed by atoms with Gasteiger partial charge < -0.3 is 4.90 Å². The second-order valence-corrected chi connectivity index (χ2v) is 6.10. The summed E-state index contributed by atoms with van der Waals surface area (Å²) >= 11 is 1.41. The number of rotatable bonds is 4. The molecule has 0 unspecified atom stereocenters. The normalized spacial score (nSPS) is 16.1. The molecule has 2 heterocycles. The van der Waals surface area contributed by atoms with Crippen LogP contribution in [0.1, 0.15) is 23.7 Å². The first-order chi connectivity index (χ1) is 10.3. The molecular weight excluding hydrogens is 286 g/mol. The predicted octanol–water partition coefficient (Wildman–Crippen LogP) is 1.67. The molecule has 21 heavy (non-hydrogen) atoms. The van der Waals surface area contributed by atoms with E-state index in [1.54, 1.807) is 11.7 Å². The minimum absolute atomic E-state index is 0.145. The molecule has 1 aromatic carbocycles. The standard InChI is InChI=1S/C14H17N5OS/c1-18-14(15-16-17-18)21-12(11-7-3-2-4-8-11)13(20)19-9-5-6-10-19/h2-4,7-8,12H,5-6,9-10H2,1H3/t12-/m0/s1. The number of thioether (sulfide) groups is 1. The van der Waals surface area contributed by atoms with Crippen LogP contribution >= 0.6 is 11.8 Å². The van der Waals surface area contributed by atoms with Crippen LogP contribution in [0.15, 0.2) is 35.5 Å². The largest absolute Gasteiger partial charge is 0.341 e. The molecule has 1 atom stereocenters. The van der Waals surface area contributed by atoms with E-state index in [1.165, 1.54) is 11.8 Å². The van der Waals surface area contributed by atoms with E-state index in [1.807, 2.05) is 35.2 Å². The zero-order valence-electron chi connectivity index (χ0n) is 11.8. The molecule has 3 rings (SSSR count). The van der Waals surface area contributed by atoms with Gasteiger partial charge in [-0.05, 0) is 28.8 Å². The highest BCUT2D eigenvalue weighted by atomic mass is 32.2. The van der Waals surface area contributed by atoms with Crippen molar-refractivity contribution in [2.75, 3.05) is 13.1 Å². The van der Waals surface area contributed by atoms with Gasteiger partial charge in [-0.15, -0.1) is 5.10 Å². The number of hydrogen-bond donors (Lipinski definition) is 0. The quantitative estimate of drug-likeness (QED) is 0.804. The molecule has 110 valence electrons. The smallest absolute Gasteiger partial charge is 0.240 e. The van der Waals surface area contributed by atoms with Gasteiger partial charge in [-0.3, -0.25) is 4.79 Å². The Morgan fingerprint density at radius 2 is 1.95 bits per heavy atom. The fourth-order valence-corrected chi connectivity index (χ4v) is 3.45. The maximum absolute atomic E-state index is 12.8. The number of amides is 1. The average molecular weight is 303 g/mol. The average Bonchev–Trinajstić information content (AvgIpc) is 3.17. The molecule has 0 aliphatic carbocycles. The van der Waals surface area contributed by atoms with Crippen LogP contribution in [-0.4, -0.2) is 44.1 Å². The van der Waals surface area contributed by atoms with Crippen molar-refractivity contribution in [2.24, 2.45) is 7.05 Å². The summed E-state index contributed by atoms with van der Waals surface area (Å²) in [6.07, 6.45) is 2.17. The number of aromatic nitrogens is 4. The summed E-state index contributed by atoms with van der Waals surface area (Å²) in [7, 11) is 1.78. The van der Waals surface area contributed by atoms with Crippen molar-refractivity contribution in [1.29, 1.82) is 0 Å². The molecule has 0 bridgehead atoms. The number of tetrazole rings is 1. The van der Waals surface area contributed by atoms with Crippen LogP contribution in [0.25, 0.3) is 0 Å². The second-order valence-electron chi connectivity index (χ2n) is 5.03. The summed E-state index contributed by atoms with van der Waals surface area (Å²) < 4.78 is 1.60. The zero-order valence-corrected chi connectivity index (χ0v) is 12.7. The van der Waals surface area contributed by atoms with Gasteiger partial charge in [-0.2, -0.15) is 0 Å². The van der Waals surface area contributed by atoms with Crippen molar-refractivity contribution in [3.8, 4) is 0 Å². The van der Waals surface area contributed by atoms with E-state index in [0.717, 1.165) is 31.5 Å². The van der Waals surface area contributed by atoms with Gasteiger partial charge in [0.2, 0.25) is 11.1 Å². The van der Waals surface area contributed by atoms with Crippen LogP contribution in [0.5, 0.6) is 0 Å². The van der Waals surface area contributed by atoms with Gasteiger partial charge in [-0.1, -0.05) is 42.1 Å². The van der Waals surface area contributed by atoms with Crippen molar-refractivity contribution in [1.82, 2.24) is 25.1 Å². The molecule has 0 radical (unpaired) electrons. The van der Waals surface area contributed by atoms with Crippen LogP contribution in [0.4, 0.5) is 0 Å². The molecule has 6 nitrogen and oxygen atoms in total. The summed E-state index contributed by atoms with van der Waals surface area (Å²) in [4.78, 5) is 14.7. The first-order valence-electron chi connectivity index (χ1n) is 6.98. The maximum atomic E-state index is 12.8. The lowest BCUT2D eigenvalue weighted by molar-refractivity contribution is -0.129. The van der Waals surface area contributed by atoms with E-state index in [-0.39, 0.29) is 11.2 Å². The van der Waals surface area contributed by atoms with E-state index in [2.05, 4.69) is 15.5 Å². The van der Waals surface area contributed by atoms with Crippen LogP contribution in [0.3, 0.4) is 0 Å². The molecule has 0 N–H and O–H groups in total. The number of aryl methyl sites for hydroxylation is 1. The number of likely N-dealkylation sites (tertiary alicyclic amines) is 1. The summed E-state index contributed by atoms with van der Waals surface area (Å²) in [6.45, 7) is 1.69. The van der Waals surface area contributed by atoms with Gasteiger partial charge in [0.05, 0.1) is 0 Å². The lowest BCUT2D eigenvalue weighted by Crippen LogP contribution is -2.31. The van der Waals surface area contributed by atoms with Gasteiger partial charge in [0.15, 0.2) is 0 Å². The van der Waals surface area contributed by atoms with Gasteiger partial charge >= 0.3 is 0 Å². The first-order valence-corrected chi connectivity index (χ1v) is 7.86. The van der Waals surface area contributed by atoms with Crippen molar-refractivity contribution < 1.29 is 4.79 Å². The van der Waals surface area contributed by atoms with E-state index in [0.29, 0.717) is 5.16 Å². The summed E-state index contributed by atoms with van der Waals surface area (Å²) in [6, 6.07) is 9.82. The molecule has 7 heteroatoms. The minimum Gasteiger partial charge on any atom is -0.341 e. The molecule has 1 aromatic heterocycles. The monoisotopic (exact) mass is 303 g/mol. The number of nitrogens with zero attached hydrogens (tertiary/aromatic N) is 5. The Hall–Kier alpha value is -1.89. The van der Waals surface area contributed by atoms with E-state index >= 15 is 0 Å². The van der Waals surface area contributed by atoms with Crippen LogP contribution in [0, 0.1) is 0 Å². The van der Waals surface area contributed by atoms with Gasteiger partial charge in [0, 0.05) is 20.1 Å². The summed E-state index contributed by atoms with van der Waals surface area (Å²) in [5, 5.41) is 11.8. The van der Waals surface area contributed by atoms with Gasteiger partial charge in [0.25, 0.3) is 0 Å². The van der Waals surface area contributed by atoms with Crippen LogP contribution in [0.2, 0.25) is 0 Å². The summed E-state index contributed by atoms with van der Waals surface area (Å²) in [5.74, 6) is 0.145. The highest BCUT2D eigenvalue weighted by Crippen LogP contribution is 2.35. The van der Waals surface area contributed by atoms with Gasteiger partial charge in [0.1, 0.15) is 5.25 Å². The van der Waals surface area contributed by atoms with E-state index in [9.17, 15) is 4.79 Å². The molecule has 1 amide bonds. The van der Waals surface area contributed by atoms with Gasteiger partial charge in [-0.25, -0.2) is 4.68 Å². The maximum Gasteiger partial charge on any atom is 0.240 e. The number of carbonyl (C=O) groups is 1. The Morgan fingerprint density at radius 3 is 2.57 bits per heavy atom. The number of carbonyl (C=O) groups excluding carboxylic acids is 1. The Labute approximate surface area is 127 Å². The SMILES string of the molecule is Cn1nnnc1S[C@H](C(=O)N1CCCC1)c1ccccc1. The molecule has 1 aliphatic heterocycles. The fraction of sp³-hybridized carbons (Fsp3) is 0.429. The van der Waals surface area contributed by atoms with E-state index in [4.69, 9.17) is 0 Å². The second kappa shape index (κ2) is 6.26. The Morgan fingerprint density at radius 1 is 1.24 bits per heavy atom. The lowest BCUT2D eigenvalue weighted by atomic mass is 10.1. The molecule has 2 aromatic rings. The first kappa shape index (κ1) is 14.1. The minimum atomic E-state index is -0.297. The van der Waals surface area contributed by atoms with Crippen LogP contribution in [-0.2, 0) is 11.8 Å². The lowest BCUT2D eigenvalue weighted by Gasteiger charge is -2.22. The number of benzene rings is 1. The Kier molecular flexibility index (Phi) is 4.19. The topological polar surface area (TPSA) is 63.9 Å². The zero-order chi connectivity index (χ0) is 14.7. The van der Waals surface area contributed by atoms with E-state index < -0.39 is 0 Å². The Bertz CT molecular complexity index is 609. The molecule has 0 spiro atoms. The molecule has 1 fully saturated rings. The van der Waals surface area contributed by atoms with Crippen LogP contribution < -0.4 is 0 Å². The summed E-state index contributed by atoms with van der Waals surface area (Å²) in [5.41, 5.74) is 0.988. The predicted molar refractivity (Wildman–Crippen MR) is 79.7 cm³/mol. The molecule has 0 saturated carbocycles. The third kappa shape index (κ3) is 3.07. The fourth-order valence-electron chi connectivity index (χ4n) is 2.42. The van der Waals surface area contributed by atoms with Crippen molar-refractivity contribution in [3.05, 3.63) is 35.9 Å². The molecule has 1 aliphatic rings. The number of hydrogen-bond acceptors (Lipinski definition) is 5. The molecule has 1 saturated heterocycles. The third-order valence-corrected chi connectivity index (χ3v) is 4.82. The highest BCUT2D eigenvalue weighted by Gasteiger charge is 2.30. The Balaban J connectivity index is 1.87.